The van der Waals surface area contributed by atoms with Gasteiger partial charge in [0.25, 0.3) is 0 Å². The molecule has 37 heavy (non-hydrogen) atoms. The molecule has 4 atom stereocenters. The predicted octanol–water partition coefficient (Wildman–Crippen LogP) is -2.36. The van der Waals surface area contributed by atoms with E-state index in [2.05, 4.69) is 25.9 Å². The number of aliphatic hydroxyl groups excluding tert-OH is 1. The maximum absolute atomic E-state index is 13.0. The zero-order chi connectivity index (χ0) is 27.5. The van der Waals surface area contributed by atoms with E-state index in [1.54, 1.807) is 6.20 Å². The van der Waals surface area contributed by atoms with Gasteiger partial charge in [-0.25, -0.2) is 0 Å². The van der Waals surface area contributed by atoms with E-state index in [-0.39, 0.29) is 25.3 Å². The Morgan fingerprint density at radius 2 is 1.68 bits per heavy atom. The highest BCUT2D eigenvalue weighted by molar-refractivity contribution is 5.94. The van der Waals surface area contributed by atoms with Crippen molar-refractivity contribution in [1.82, 2.24) is 20.9 Å². The van der Waals surface area contributed by atoms with Crippen LogP contribution in [0.15, 0.2) is 35.5 Å². The Morgan fingerprint density at radius 1 is 1.03 bits per heavy atom. The third kappa shape index (κ3) is 8.77. The number of benzene rings is 1. The van der Waals surface area contributed by atoms with Crippen molar-refractivity contribution < 1.29 is 29.4 Å². The van der Waals surface area contributed by atoms with Gasteiger partial charge in [-0.3, -0.25) is 24.2 Å². The number of guanidine groups is 1. The third-order valence-electron chi connectivity index (χ3n) is 5.57. The number of aromatic nitrogens is 1. The van der Waals surface area contributed by atoms with Crippen LogP contribution in [0.2, 0.25) is 0 Å². The van der Waals surface area contributed by atoms with Gasteiger partial charge in [0, 0.05) is 23.6 Å². The van der Waals surface area contributed by atoms with Gasteiger partial charge in [-0.15, -0.1) is 0 Å². The lowest BCUT2D eigenvalue weighted by Gasteiger charge is -2.24. The number of carboxylic acids is 1. The van der Waals surface area contributed by atoms with Crippen molar-refractivity contribution in [3.8, 4) is 0 Å². The van der Waals surface area contributed by atoms with Crippen LogP contribution < -0.4 is 33.2 Å². The standard InChI is InChI=1S/C23H34N8O6/c1-12(22(36)37)29-21(35)18(11-32)31-20(34)17(7-4-8-27-23(25)26)30-19(33)15(24)9-13-10-28-16-6-3-2-5-14(13)16/h2-3,5-6,10,12,15,17-18,28,32H,4,7-9,11,24H2,1H3,(H,29,35)(H,30,33)(H,31,34)(H,36,37)(H4,25,26,27). The van der Waals surface area contributed by atoms with E-state index >= 15 is 0 Å². The van der Waals surface area contributed by atoms with Crippen LogP contribution >= 0.6 is 0 Å². The Labute approximate surface area is 213 Å². The molecular formula is C23H34N8O6. The average molecular weight is 519 g/mol. The summed E-state index contributed by atoms with van der Waals surface area (Å²) in [6, 6.07) is 2.75. The lowest BCUT2D eigenvalue weighted by atomic mass is 10.0. The number of hydrogen-bond acceptors (Lipinski definition) is 7. The largest absolute Gasteiger partial charge is 0.480 e. The van der Waals surface area contributed by atoms with Crippen LogP contribution in [0.25, 0.3) is 10.9 Å². The zero-order valence-electron chi connectivity index (χ0n) is 20.4. The molecule has 1 aromatic heterocycles. The van der Waals surface area contributed by atoms with E-state index in [1.807, 2.05) is 24.3 Å². The molecule has 0 spiro atoms. The number of carboxylic acid groups (broad SMARTS) is 1. The molecule has 0 aliphatic heterocycles. The van der Waals surface area contributed by atoms with E-state index in [0.717, 1.165) is 16.5 Å². The molecule has 0 fully saturated rings. The van der Waals surface area contributed by atoms with Gasteiger partial charge < -0.3 is 48.3 Å². The van der Waals surface area contributed by atoms with Crippen LogP contribution in [-0.4, -0.2) is 82.2 Å². The zero-order valence-corrected chi connectivity index (χ0v) is 20.4. The van der Waals surface area contributed by atoms with Gasteiger partial charge in [0.1, 0.15) is 18.1 Å². The molecule has 2 aromatic rings. The lowest BCUT2D eigenvalue weighted by molar-refractivity contribution is -0.142. The number of nitrogens with one attached hydrogen (secondary N) is 4. The van der Waals surface area contributed by atoms with Crippen LogP contribution in [0.5, 0.6) is 0 Å². The highest BCUT2D eigenvalue weighted by Crippen LogP contribution is 2.18. The lowest BCUT2D eigenvalue weighted by Crippen LogP contribution is -2.58. The van der Waals surface area contributed by atoms with Crippen molar-refractivity contribution in [1.29, 1.82) is 0 Å². The number of aliphatic hydroxyl groups is 1. The Bertz CT molecular complexity index is 1130. The van der Waals surface area contributed by atoms with Crippen LogP contribution in [0.3, 0.4) is 0 Å². The van der Waals surface area contributed by atoms with E-state index < -0.39 is 54.5 Å². The summed E-state index contributed by atoms with van der Waals surface area (Å²) in [6.45, 7) is 0.625. The van der Waals surface area contributed by atoms with Crippen LogP contribution in [0, 0.1) is 0 Å². The van der Waals surface area contributed by atoms with Crippen LogP contribution in [0.4, 0.5) is 0 Å². The second-order valence-corrected chi connectivity index (χ2v) is 8.49. The first-order valence-corrected chi connectivity index (χ1v) is 11.6. The molecule has 0 aliphatic rings. The number of aliphatic carboxylic acids is 1. The number of nitrogens with two attached hydrogens (primary N) is 3. The second-order valence-electron chi connectivity index (χ2n) is 8.49. The van der Waals surface area contributed by atoms with Crippen molar-refractivity contribution in [2.45, 2.75) is 50.4 Å². The Balaban J connectivity index is 2.09. The van der Waals surface area contributed by atoms with Crippen molar-refractivity contribution in [3.63, 3.8) is 0 Å². The minimum Gasteiger partial charge on any atom is -0.480 e. The number of hydrogen-bond donors (Lipinski definition) is 9. The maximum Gasteiger partial charge on any atom is 0.325 e. The Kier molecular flexibility index (Phi) is 10.8. The summed E-state index contributed by atoms with van der Waals surface area (Å²) in [6.07, 6.45) is 2.37. The molecule has 3 amide bonds. The Morgan fingerprint density at radius 3 is 2.32 bits per heavy atom. The molecule has 1 aromatic carbocycles. The average Bonchev–Trinajstić information content (AvgIpc) is 3.26. The minimum absolute atomic E-state index is 0.0967. The molecule has 0 saturated carbocycles. The summed E-state index contributed by atoms with van der Waals surface area (Å²) in [5.74, 6) is -3.68. The topological polar surface area (TPSA) is 251 Å². The number of para-hydroxylation sites is 1. The molecule has 0 radical (unpaired) electrons. The van der Waals surface area contributed by atoms with Gasteiger partial charge in [-0.05, 0) is 37.8 Å². The molecule has 0 bridgehead atoms. The summed E-state index contributed by atoms with van der Waals surface area (Å²) >= 11 is 0. The highest BCUT2D eigenvalue weighted by Gasteiger charge is 2.29. The van der Waals surface area contributed by atoms with Crippen molar-refractivity contribution in [3.05, 3.63) is 36.0 Å². The molecule has 202 valence electrons. The Hall–Kier alpha value is -4.17. The summed E-state index contributed by atoms with van der Waals surface area (Å²) in [4.78, 5) is 56.1. The fourth-order valence-electron chi connectivity index (χ4n) is 3.52. The number of aliphatic imine (C=N–C) groups is 1. The van der Waals surface area contributed by atoms with E-state index in [1.165, 1.54) is 6.92 Å². The molecule has 14 heteroatoms. The summed E-state index contributed by atoms with van der Waals surface area (Å²) in [7, 11) is 0. The predicted molar refractivity (Wildman–Crippen MR) is 136 cm³/mol. The highest BCUT2D eigenvalue weighted by atomic mass is 16.4. The first kappa shape index (κ1) is 29.1. The first-order chi connectivity index (χ1) is 17.5. The first-order valence-electron chi connectivity index (χ1n) is 11.6. The number of H-pyrrole nitrogens is 1. The van der Waals surface area contributed by atoms with E-state index in [0.29, 0.717) is 6.42 Å². The molecule has 12 N–H and O–H groups in total. The molecule has 4 unspecified atom stereocenters. The molecule has 1 heterocycles. The number of nitrogens with zero attached hydrogens (tertiary/aromatic N) is 1. The number of carbonyl (C=O) groups is 4. The van der Waals surface area contributed by atoms with E-state index in [4.69, 9.17) is 22.3 Å². The number of amides is 3. The van der Waals surface area contributed by atoms with Crippen molar-refractivity contribution in [2.24, 2.45) is 22.2 Å². The normalized spacial score (nSPS) is 14.1. The smallest absolute Gasteiger partial charge is 0.325 e. The van der Waals surface area contributed by atoms with Gasteiger partial charge in [0.05, 0.1) is 12.6 Å². The van der Waals surface area contributed by atoms with Crippen molar-refractivity contribution in [2.75, 3.05) is 13.2 Å². The van der Waals surface area contributed by atoms with Crippen LogP contribution in [0.1, 0.15) is 25.3 Å². The number of aromatic amines is 1. The minimum atomic E-state index is -1.44. The van der Waals surface area contributed by atoms with Gasteiger partial charge in [-0.1, -0.05) is 18.2 Å². The van der Waals surface area contributed by atoms with Gasteiger partial charge in [0.2, 0.25) is 17.7 Å². The number of fused-ring (bicyclic) bond motifs is 1. The third-order valence-corrected chi connectivity index (χ3v) is 5.57. The summed E-state index contributed by atoms with van der Waals surface area (Å²) in [5, 5.41) is 26.6. The molecule has 0 saturated heterocycles. The molecule has 2 rings (SSSR count). The monoisotopic (exact) mass is 518 g/mol. The van der Waals surface area contributed by atoms with Gasteiger partial charge >= 0.3 is 5.97 Å². The van der Waals surface area contributed by atoms with E-state index in [9.17, 15) is 24.3 Å². The SMILES string of the molecule is CC(NC(=O)C(CO)NC(=O)C(CCCN=C(N)N)NC(=O)C(N)Cc1c[nH]c2ccccc12)C(=O)O. The molecular weight excluding hydrogens is 484 g/mol. The van der Waals surface area contributed by atoms with Crippen molar-refractivity contribution >= 4 is 40.6 Å². The summed E-state index contributed by atoms with van der Waals surface area (Å²) in [5.41, 5.74) is 18.5. The molecule has 14 nitrogen and oxygen atoms in total. The quantitative estimate of drug-likeness (QED) is 0.0735. The number of rotatable bonds is 14. The summed E-state index contributed by atoms with van der Waals surface area (Å²) < 4.78 is 0. The maximum atomic E-state index is 13.0. The fraction of sp³-hybridized carbons (Fsp3) is 0.435. The molecule has 0 aliphatic carbocycles. The fourth-order valence-corrected chi connectivity index (χ4v) is 3.52. The van der Waals surface area contributed by atoms with Gasteiger partial charge in [0.15, 0.2) is 5.96 Å². The number of carbonyl (C=O) groups excluding carboxylic acids is 3. The second kappa shape index (κ2) is 13.8. The van der Waals surface area contributed by atoms with Gasteiger partial charge in [-0.2, -0.15) is 0 Å². The van der Waals surface area contributed by atoms with Crippen LogP contribution in [-0.2, 0) is 25.6 Å².